The van der Waals surface area contributed by atoms with Crippen LogP contribution in [0.5, 0.6) is 0 Å². The summed E-state index contributed by atoms with van der Waals surface area (Å²) in [6.45, 7) is 2.15. The van der Waals surface area contributed by atoms with Crippen molar-refractivity contribution in [2.75, 3.05) is 13.6 Å². The molecule has 2 N–H and O–H groups in total. The predicted molar refractivity (Wildman–Crippen MR) is 59.6 cm³/mol. The second-order valence-electron chi connectivity index (χ2n) is 3.73. The van der Waals surface area contributed by atoms with Gasteiger partial charge in [-0.15, -0.1) is 5.10 Å². The van der Waals surface area contributed by atoms with Gasteiger partial charge in [0.25, 0.3) is 5.91 Å². The molecule has 0 fully saturated rings. The van der Waals surface area contributed by atoms with E-state index in [1.54, 1.807) is 0 Å². The molecule has 0 aromatic carbocycles. The Labute approximate surface area is 98.8 Å². The number of carboxylic acid groups (broad SMARTS) is 1. The smallest absolute Gasteiger partial charge is 0.305 e. The van der Waals surface area contributed by atoms with Crippen molar-refractivity contribution in [3.05, 3.63) is 11.6 Å². The SMILES string of the molecule is CCCc1nc(C(=O)N(C)CCC(=O)O)n[nH]1. The van der Waals surface area contributed by atoms with Crippen LogP contribution in [0, 0.1) is 0 Å². The Morgan fingerprint density at radius 1 is 1.47 bits per heavy atom. The normalized spacial score (nSPS) is 10.2. The maximum absolute atomic E-state index is 11.8. The molecule has 7 heteroatoms. The third-order valence-electron chi connectivity index (χ3n) is 2.22. The summed E-state index contributed by atoms with van der Waals surface area (Å²) in [6.07, 6.45) is 1.56. The Morgan fingerprint density at radius 2 is 2.18 bits per heavy atom. The Balaban J connectivity index is 2.58. The van der Waals surface area contributed by atoms with Crippen LogP contribution in [0.1, 0.15) is 36.2 Å². The topological polar surface area (TPSA) is 99.2 Å². The first-order chi connectivity index (χ1) is 8.04. The molecule has 1 aromatic heterocycles. The Bertz CT molecular complexity index is 402. The molecule has 0 saturated carbocycles. The summed E-state index contributed by atoms with van der Waals surface area (Å²) < 4.78 is 0. The molecule has 17 heavy (non-hydrogen) atoms. The van der Waals surface area contributed by atoms with E-state index >= 15 is 0 Å². The number of nitrogens with zero attached hydrogens (tertiary/aromatic N) is 3. The molecule has 0 saturated heterocycles. The van der Waals surface area contributed by atoms with Crippen LogP contribution in [0.25, 0.3) is 0 Å². The molecule has 0 bridgehead atoms. The number of carbonyl (C=O) groups excluding carboxylic acids is 1. The first-order valence-electron chi connectivity index (χ1n) is 5.43. The largest absolute Gasteiger partial charge is 0.481 e. The number of hydrogen-bond acceptors (Lipinski definition) is 4. The summed E-state index contributed by atoms with van der Waals surface area (Å²) in [5, 5.41) is 15.0. The number of hydrogen-bond donors (Lipinski definition) is 2. The lowest BCUT2D eigenvalue weighted by Crippen LogP contribution is -2.29. The molecule has 0 aliphatic rings. The molecule has 94 valence electrons. The standard InChI is InChI=1S/C10H16N4O3/c1-3-4-7-11-9(13-12-7)10(17)14(2)6-5-8(15)16/h3-6H2,1-2H3,(H,15,16)(H,11,12,13). The predicted octanol–water partition coefficient (Wildman–Crippen LogP) is 0.304. The van der Waals surface area contributed by atoms with Gasteiger partial charge >= 0.3 is 5.97 Å². The van der Waals surface area contributed by atoms with Crippen molar-refractivity contribution in [3.8, 4) is 0 Å². The molecule has 1 amide bonds. The van der Waals surface area contributed by atoms with Gasteiger partial charge in [-0.2, -0.15) is 0 Å². The number of H-pyrrole nitrogens is 1. The lowest BCUT2D eigenvalue weighted by atomic mass is 10.3. The van der Waals surface area contributed by atoms with Crippen molar-refractivity contribution in [2.45, 2.75) is 26.2 Å². The second kappa shape index (κ2) is 5.97. The molecule has 1 aromatic rings. The van der Waals surface area contributed by atoms with E-state index in [0.717, 1.165) is 12.8 Å². The third-order valence-corrected chi connectivity index (χ3v) is 2.22. The van der Waals surface area contributed by atoms with Crippen molar-refractivity contribution in [1.29, 1.82) is 0 Å². The monoisotopic (exact) mass is 240 g/mol. The number of carbonyl (C=O) groups is 2. The van der Waals surface area contributed by atoms with Crippen molar-refractivity contribution >= 4 is 11.9 Å². The average Bonchev–Trinajstić information content (AvgIpc) is 2.74. The van der Waals surface area contributed by atoms with Gasteiger partial charge in [0.1, 0.15) is 5.82 Å². The molecule has 0 aliphatic heterocycles. The maximum Gasteiger partial charge on any atom is 0.305 e. The number of carboxylic acids is 1. The molecular formula is C10H16N4O3. The summed E-state index contributed by atoms with van der Waals surface area (Å²) in [7, 11) is 1.53. The Hall–Kier alpha value is -1.92. The van der Waals surface area contributed by atoms with Gasteiger partial charge in [-0.3, -0.25) is 14.7 Å². The molecule has 7 nitrogen and oxygen atoms in total. The van der Waals surface area contributed by atoms with E-state index in [1.165, 1.54) is 11.9 Å². The number of aromatic nitrogens is 3. The molecule has 1 rings (SSSR count). The number of aromatic amines is 1. The highest BCUT2D eigenvalue weighted by Crippen LogP contribution is 2.00. The summed E-state index contributed by atoms with van der Waals surface area (Å²) in [4.78, 5) is 27.5. The van der Waals surface area contributed by atoms with Crippen molar-refractivity contribution < 1.29 is 14.7 Å². The van der Waals surface area contributed by atoms with Gasteiger partial charge in [0.2, 0.25) is 5.82 Å². The molecule has 0 radical (unpaired) electrons. The Morgan fingerprint density at radius 3 is 2.76 bits per heavy atom. The molecule has 0 spiro atoms. The zero-order valence-electron chi connectivity index (χ0n) is 9.93. The van der Waals surface area contributed by atoms with Gasteiger partial charge in [0.05, 0.1) is 6.42 Å². The second-order valence-corrected chi connectivity index (χ2v) is 3.73. The van der Waals surface area contributed by atoms with Crippen LogP contribution in [0.2, 0.25) is 0 Å². The van der Waals surface area contributed by atoms with Gasteiger partial charge in [-0.25, -0.2) is 4.98 Å². The van der Waals surface area contributed by atoms with E-state index in [4.69, 9.17) is 5.11 Å². The number of rotatable bonds is 6. The fourth-order valence-electron chi connectivity index (χ4n) is 1.28. The third kappa shape index (κ3) is 3.86. The minimum Gasteiger partial charge on any atom is -0.481 e. The highest BCUT2D eigenvalue weighted by molar-refractivity contribution is 5.90. The van der Waals surface area contributed by atoms with Gasteiger partial charge in [-0.1, -0.05) is 6.92 Å². The van der Waals surface area contributed by atoms with Gasteiger partial charge < -0.3 is 10.0 Å². The van der Waals surface area contributed by atoms with Crippen molar-refractivity contribution in [1.82, 2.24) is 20.1 Å². The van der Waals surface area contributed by atoms with Crippen LogP contribution in [-0.2, 0) is 11.2 Å². The molecule has 0 atom stereocenters. The fraction of sp³-hybridized carbons (Fsp3) is 0.600. The van der Waals surface area contributed by atoms with Gasteiger partial charge in [-0.05, 0) is 6.42 Å². The van der Waals surface area contributed by atoms with E-state index in [-0.39, 0.29) is 24.7 Å². The minimum absolute atomic E-state index is 0.0846. The van der Waals surface area contributed by atoms with E-state index in [9.17, 15) is 9.59 Å². The minimum atomic E-state index is -0.939. The summed E-state index contributed by atoms with van der Waals surface area (Å²) in [5.74, 6) is -0.556. The van der Waals surface area contributed by atoms with Crippen LogP contribution < -0.4 is 0 Å². The van der Waals surface area contributed by atoms with Crippen LogP contribution in [-0.4, -0.2) is 50.7 Å². The number of aliphatic carboxylic acids is 1. The highest BCUT2D eigenvalue weighted by atomic mass is 16.4. The molecule has 1 heterocycles. The summed E-state index contributed by atoms with van der Waals surface area (Å²) >= 11 is 0. The zero-order valence-corrected chi connectivity index (χ0v) is 9.93. The quantitative estimate of drug-likeness (QED) is 0.745. The van der Waals surface area contributed by atoms with Crippen LogP contribution in [0.4, 0.5) is 0 Å². The van der Waals surface area contributed by atoms with E-state index in [2.05, 4.69) is 15.2 Å². The first-order valence-corrected chi connectivity index (χ1v) is 5.43. The lowest BCUT2D eigenvalue weighted by molar-refractivity contribution is -0.137. The van der Waals surface area contributed by atoms with E-state index in [0.29, 0.717) is 5.82 Å². The summed E-state index contributed by atoms with van der Waals surface area (Å²) in [6, 6.07) is 0. The molecule has 0 unspecified atom stereocenters. The number of nitrogens with one attached hydrogen (secondary N) is 1. The zero-order chi connectivity index (χ0) is 12.8. The van der Waals surface area contributed by atoms with Crippen molar-refractivity contribution in [2.24, 2.45) is 0 Å². The van der Waals surface area contributed by atoms with Gasteiger partial charge in [0, 0.05) is 20.0 Å². The van der Waals surface area contributed by atoms with Crippen LogP contribution in [0.15, 0.2) is 0 Å². The van der Waals surface area contributed by atoms with Crippen molar-refractivity contribution in [3.63, 3.8) is 0 Å². The summed E-state index contributed by atoms with van der Waals surface area (Å²) in [5.41, 5.74) is 0. The van der Waals surface area contributed by atoms with Crippen LogP contribution >= 0.6 is 0 Å². The molecular weight excluding hydrogens is 224 g/mol. The average molecular weight is 240 g/mol. The number of amides is 1. The fourth-order valence-corrected chi connectivity index (χ4v) is 1.28. The van der Waals surface area contributed by atoms with Crippen LogP contribution in [0.3, 0.4) is 0 Å². The van der Waals surface area contributed by atoms with E-state index in [1.807, 2.05) is 6.92 Å². The highest BCUT2D eigenvalue weighted by Gasteiger charge is 2.17. The molecule has 0 aliphatic carbocycles. The lowest BCUT2D eigenvalue weighted by Gasteiger charge is -2.13. The Kier molecular flexibility index (Phi) is 4.62. The number of aryl methyl sites for hydroxylation is 1. The first kappa shape index (κ1) is 13.1. The van der Waals surface area contributed by atoms with Gasteiger partial charge in [0.15, 0.2) is 0 Å². The van der Waals surface area contributed by atoms with E-state index < -0.39 is 5.97 Å². The maximum atomic E-state index is 11.8.